The van der Waals surface area contributed by atoms with Crippen LogP contribution in [0.5, 0.6) is 0 Å². The number of pyridine rings is 5. The fraction of sp³-hybridized carbons (Fsp3) is 0.479. The van der Waals surface area contributed by atoms with Gasteiger partial charge in [0.05, 0.1) is 54.7 Å². The van der Waals surface area contributed by atoms with Crippen LogP contribution in [0.15, 0.2) is 176 Å². The van der Waals surface area contributed by atoms with Gasteiger partial charge in [0.1, 0.15) is 41.1 Å². The number of halogens is 1. The molecule has 2 saturated carbocycles. The van der Waals surface area contributed by atoms with Crippen molar-refractivity contribution in [3.63, 3.8) is 0 Å². The lowest BCUT2D eigenvalue weighted by atomic mass is 9.66. The highest BCUT2D eigenvalue weighted by Crippen LogP contribution is 2.57. The second kappa shape index (κ2) is 43.6. The standard InChI is InChI=1S/C31H40N.C30H38N.2C28H36N.C27H35FN/c1-18(2)30(19(3)4)24-12-13-26-25(16-24)15-21(6)32(7)31(26)27-17-29-23-10-8-22(9-11-23)28(29)14-20(27)5;1-17(2)29(18(3)4)23-10-11-25-24(15-23)13-20(6)31(7)30(25)26-16-28-22-9-8-21(14-22)27(28)12-19(26)5;1-16(2)24(17(3)4)21-14-20-13-19(6)29(9)27-25-18(5)11-10-12-22(25)28(7,8)23(15-21)26(20)27;1-17(2)27(18(3)4)23-11-12-25-24(15-23)14-20(6)29(7)28(25)26-16-22-10-8-9-21(22)13-19(26)5;1-15(2)25(16(3)4)21-10-11-23-22(14-21)13-18(6)29(9)27(23)24-12-17(5)26(28)20(8)19(24)7/h12-19,22-23,30H,8-11H2,1-7H3;10-13,15-18,21-22,29H,8-9,14H2,1-7H3;10-17,24H,1-9H3;11-18,27H,8-10H2,1-7H3;10-16,25H,1-9H3/q5*+1. The van der Waals surface area contributed by atoms with Crippen LogP contribution in [0, 0.1) is 148 Å². The molecule has 0 N–H and O–H groups in total. The minimum absolute atomic E-state index is 0.0105. The molecule has 7 aliphatic rings. The van der Waals surface area contributed by atoms with E-state index in [1.54, 1.807) is 33.4 Å². The summed E-state index contributed by atoms with van der Waals surface area (Å²) in [6.07, 6.45) is 13.5. The van der Waals surface area contributed by atoms with E-state index in [0.717, 1.165) is 40.4 Å². The molecule has 0 aliphatic heterocycles. The SMILES string of the molecule is Cc1cc(-c2c3ccc(C(C(C)C)C(C)C)cc3cc(C)[n+]2C)c(C)c(C)c1F.Cc1cc2c(cc1-c1c3ccc(C(C(C)C)C(C)C)cc3cc(C)[n+]1C)C1CCC2C1.Cc1cc2c(cc1-c1c3ccc(C(C(C)C)C(C)C)cc3cc(C)[n+]1C)C1CCC2CC1.Cc1cc2c(cc1-c1c3ccc(C(C(C)C)C(C)C)cc3cc(C)[n+]1C)CCC2.Cc1cccc2c1-c1c3c(cc(C(C(C)C)C(C)C)cc3cc(C)[n+]1C)C2(C)C. The van der Waals surface area contributed by atoms with Gasteiger partial charge in [0.25, 0.3) is 0 Å². The van der Waals surface area contributed by atoms with Crippen LogP contribution in [0.2, 0.25) is 0 Å². The summed E-state index contributed by atoms with van der Waals surface area (Å²) in [4.78, 5) is 0. The molecule has 7 aliphatic carbocycles. The molecule has 0 saturated heterocycles. The fourth-order valence-corrected chi connectivity index (χ4v) is 30.5. The van der Waals surface area contributed by atoms with E-state index in [1.165, 1.54) is 258 Å². The van der Waals surface area contributed by atoms with E-state index in [9.17, 15) is 4.39 Å². The molecule has 2 atom stereocenters. The minimum Gasteiger partial charge on any atom is -0.206 e. The molecule has 2 fully saturated rings. The van der Waals surface area contributed by atoms with Gasteiger partial charge in [-0.15, -0.1) is 0 Å². The summed E-state index contributed by atoms with van der Waals surface area (Å²) in [5.74, 6) is 12.3. The van der Waals surface area contributed by atoms with Crippen molar-refractivity contribution in [1.82, 2.24) is 0 Å². The molecule has 4 bridgehead atoms. The van der Waals surface area contributed by atoms with Gasteiger partial charge in [-0.05, 0) is 412 Å². The zero-order valence-electron chi connectivity index (χ0n) is 99.9. The van der Waals surface area contributed by atoms with E-state index < -0.39 is 0 Å². The quantitative estimate of drug-likeness (QED) is 0.0719. The largest absolute Gasteiger partial charge is 0.221 e. The number of nitrogens with zero attached hydrogens (tertiary/aromatic N) is 5. The third-order valence-electron chi connectivity index (χ3n) is 38.1. The number of rotatable bonds is 19. The molecule has 22 rings (SSSR count). The van der Waals surface area contributed by atoms with E-state index in [2.05, 4.69) is 443 Å². The maximum atomic E-state index is 14.5. The predicted molar refractivity (Wildman–Crippen MR) is 639 cm³/mol. The summed E-state index contributed by atoms with van der Waals surface area (Å²) in [5, 5.41) is 13.6. The summed E-state index contributed by atoms with van der Waals surface area (Å²) < 4.78 is 26.3. The molecule has 5 aromatic heterocycles. The average Bonchev–Trinajstić information content (AvgIpc) is 0.717. The molecule has 15 aromatic rings. The Bertz CT molecular complexity index is 7670. The molecule has 0 radical (unpaired) electrons. The highest BCUT2D eigenvalue weighted by atomic mass is 19.1. The number of fused-ring (bicyclic) bond motifs is 14. The second-order valence-corrected chi connectivity index (χ2v) is 52.0. The lowest BCUT2D eigenvalue weighted by molar-refractivity contribution is -0.665. The van der Waals surface area contributed by atoms with Crippen LogP contribution in [-0.2, 0) is 53.5 Å². The summed E-state index contributed by atoms with van der Waals surface area (Å²) in [6.45, 7) is 77.9. The van der Waals surface area contributed by atoms with Gasteiger partial charge in [-0.25, -0.2) is 4.39 Å². The summed E-state index contributed by atoms with van der Waals surface area (Å²) in [7, 11) is 11.0. The Labute approximate surface area is 905 Å². The first-order chi connectivity index (χ1) is 70.9. The first-order valence-corrected chi connectivity index (χ1v) is 58.4. The first kappa shape index (κ1) is 110. The number of aryl methyl sites for hydroxylation is 12. The zero-order valence-corrected chi connectivity index (χ0v) is 99.9. The summed E-state index contributed by atoms with van der Waals surface area (Å²) in [5.41, 5.74) is 48.1. The van der Waals surface area contributed by atoms with Crippen LogP contribution in [-0.4, -0.2) is 0 Å². The first-order valence-electron chi connectivity index (χ1n) is 58.4. The van der Waals surface area contributed by atoms with Gasteiger partial charge in [0, 0.05) is 70.4 Å². The van der Waals surface area contributed by atoms with Crippen LogP contribution >= 0.6 is 0 Å². The Morgan fingerprint density at radius 3 is 0.940 bits per heavy atom. The van der Waals surface area contributed by atoms with Crippen molar-refractivity contribution < 1.29 is 27.2 Å². The molecule has 150 heavy (non-hydrogen) atoms. The van der Waals surface area contributed by atoms with Crippen LogP contribution in [0.3, 0.4) is 0 Å². The molecular formula is C144H185FN5+5. The maximum absolute atomic E-state index is 14.5. The molecule has 788 valence electrons. The Hall–Kier alpha value is -10.8. The van der Waals surface area contributed by atoms with E-state index >= 15 is 0 Å². The van der Waals surface area contributed by atoms with Gasteiger partial charge < -0.3 is 0 Å². The number of hydrogen-bond acceptors (Lipinski definition) is 0. The number of benzene rings is 10. The Balaban J connectivity index is 0.000000128. The third-order valence-corrected chi connectivity index (χ3v) is 38.1. The van der Waals surface area contributed by atoms with E-state index in [4.69, 9.17) is 0 Å². The van der Waals surface area contributed by atoms with Crippen LogP contribution < -0.4 is 22.8 Å². The van der Waals surface area contributed by atoms with Gasteiger partial charge in [-0.2, -0.15) is 22.8 Å². The highest BCUT2D eigenvalue weighted by Gasteiger charge is 2.44. The van der Waals surface area contributed by atoms with Crippen molar-refractivity contribution in [2.45, 2.75) is 358 Å². The van der Waals surface area contributed by atoms with Gasteiger partial charge >= 0.3 is 0 Å². The van der Waals surface area contributed by atoms with E-state index in [-0.39, 0.29) is 11.2 Å². The van der Waals surface area contributed by atoms with Gasteiger partial charge in [-0.1, -0.05) is 249 Å². The van der Waals surface area contributed by atoms with Crippen molar-refractivity contribution >= 4 is 53.9 Å². The topological polar surface area (TPSA) is 19.4 Å². The van der Waals surface area contributed by atoms with Gasteiger partial charge in [-0.3, -0.25) is 0 Å². The van der Waals surface area contributed by atoms with Crippen LogP contribution in [0.1, 0.15) is 397 Å². The molecule has 0 spiro atoms. The predicted octanol–water partition coefficient (Wildman–Crippen LogP) is 36.7. The molecular weight excluding hydrogens is 1820 g/mol. The maximum Gasteiger partial charge on any atom is 0.221 e. The van der Waals surface area contributed by atoms with Crippen LogP contribution in [0.4, 0.5) is 4.39 Å². The highest BCUT2D eigenvalue weighted by molar-refractivity contribution is 6.03. The number of hydrogen-bond donors (Lipinski definition) is 0. The van der Waals surface area contributed by atoms with Gasteiger partial charge in [0.2, 0.25) is 28.5 Å². The normalized spacial score (nSPS) is 16.3. The van der Waals surface area contributed by atoms with E-state index in [0.29, 0.717) is 94.3 Å². The zero-order chi connectivity index (χ0) is 108. The lowest BCUT2D eigenvalue weighted by Gasteiger charge is -2.38. The molecule has 5 nitrogen and oxygen atoms in total. The Kier molecular flexibility index (Phi) is 32.1. The molecule has 6 heteroatoms. The molecule has 2 unspecified atom stereocenters. The minimum atomic E-state index is -0.0927. The van der Waals surface area contributed by atoms with Crippen molar-refractivity contribution in [3.05, 3.63) is 321 Å². The molecule has 5 heterocycles. The molecule has 10 aromatic carbocycles. The Morgan fingerprint density at radius 2 is 0.567 bits per heavy atom. The smallest absolute Gasteiger partial charge is 0.206 e. The Morgan fingerprint density at radius 1 is 0.267 bits per heavy atom. The summed E-state index contributed by atoms with van der Waals surface area (Å²) >= 11 is 0. The number of aromatic nitrogens is 5. The summed E-state index contributed by atoms with van der Waals surface area (Å²) in [6, 6.07) is 69.5. The van der Waals surface area contributed by atoms with Crippen molar-refractivity contribution in [2.24, 2.45) is 94.4 Å². The van der Waals surface area contributed by atoms with Crippen LogP contribution in [0.25, 0.3) is 110 Å². The van der Waals surface area contributed by atoms with Crippen molar-refractivity contribution in [2.75, 3.05) is 0 Å². The van der Waals surface area contributed by atoms with Crippen molar-refractivity contribution in [1.29, 1.82) is 0 Å². The van der Waals surface area contributed by atoms with E-state index in [1.807, 2.05) is 26.8 Å². The third kappa shape index (κ3) is 20.5. The second-order valence-electron chi connectivity index (χ2n) is 52.0. The monoisotopic (exact) mass is 2000 g/mol. The average molecular weight is 2010 g/mol. The van der Waals surface area contributed by atoms with Gasteiger partial charge in [0.15, 0.2) is 28.5 Å². The molecule has 0 amide bonds. The lowest BCUT2D eigenvalue weighted by Crippen LogP contribution is -2.38. The fourth-order valence-electron chi connectivity index (χ4n) is 30.5. The van der Waals surface area contributed by atoms with Crippen molar-refractivity contribution in [3.8, 4) is 56.3 Å².